The molecule has 200 valence electrons. The molecule has 0 radical (unpaired) electrons. The number of benzene rings is 1. The number of hydrogen-bond donors (Lipinski definition) is 2. The van der Waals surface area contributed by atoms with Crippen LogP contribution in [0, 0.1) is 11.6 Å². The molecule has 1 saturated heterocycles. The highest BCUT2D eigenvalue weighted by Gasteiger charge is 2.42. The van der Waals surface area contributed by atoms with Crippen LogP contribution in [0.1, 0.15) is 67.1 Å². The van der Waals surface area contributed by atoms with Gasteiger partial charge >= 0.3 is 0 Å². The van der Waals surface area contributed by atoms with Gasteiger partial charge in [0.05, 0.1) is 36.0 Å². The van der Waals surface area contributed by atoms with Crippen molar-refractivity contribution in [3.63, 3.8) is 0 Å². The topological polar surface area (TPSA) is 87.6 Å². The van der Waals surface area contributed by atoms with Crippen molar-refractivity contribution in [2.45, 2.75) is 63.5 Å². The molecule has 5 rings (SSSR count). The van der Waals surface area contributed by atoms with Crippen molar-refractivity contribution in [1.29, 1.82) is 0 Å². The summed E-state index contributed by atoms with van der Waals surface area (Å²) in [5, 5.41) is 12.8. The second-order valence-corrected chi connectivity index (χ2v) is 10.8. The minimum absolute atomic E-state index is 0.147. The molecule has 1 spiro atoms. The summed E-state index contributed by atoms with van der Waals surface area (Å²) in [6, 6.07) is 8.47. The largest absolute Gasteiger partial charge is 0.390 e. The predicted molar refractivity (Wildman–Crippen MR) is 137 cm³/mol. The van der Waals surface area contributed by atoms with Gasteiger partial charge in [0, 0.05) is 43.8 Å². The van der Waals surface area contributed by atoms with Gasteiger partial charge in [-0.15, -0.1) is 0 Å². The number of aliphatic hydroxyl groups is 1. The lowest BCUT2D eigenvalue weighted by Gasteiger charge is -2.39. The van der Waals surface area contributed by atoms with Gasteiger partial charge in [0.1, 0.15) is 0 Å². The van der Waals surface area contributed by atoms with Gasteiger partial charge in [-0.2, -0.15) is 0 Å². The van der Waals surface area contributed by atoms with Crippen LogP contribution in [-0.2, 0) is 28.3 Å². The SMILES string of the molecule is CC(C)(O)CC(=O)NC(c1ccc(F)c(F)c1)c1ccc(CN2CCC3(CC2)OCc2ccncc23)cn1. The van der Waals surface area contributed by atoms with Gasteiger partial charge in [-0.3, -0.25) is 19.7 Å². The summed E-state index contributed by atoms with van der Waals surface area (Å²) in [6.45, 7) is 6.16. The molecule has 1 unspecified atom stereocenters. The number of aromatic nitrogens is 2. The molecule has 1 amide bonds. The first kappa shape index (κ1) is 26.3. The molecule has 3 aromatic rings. The van der Waals surface area contributed by atoms with E-state index in [0.29, 0.717) is 24.4 Å². The second kappa shape index (κ2) is 10.5. The fourth-order valence-corrected chi connectivity index (χ4v) is 5.32. The van der Waals surface area contributed by atoms with Crippen LogP contribution in [0.25, 0.3) is 0 Å². The van der Waals surface area contributed by atoms with Gasteiger partial charge in [0.15, 0.2) is 11.6 Å². The number of ether oxygens (including phenoxy) is 1. The monoisotopic (exact) mass is 522 g/mol. The highest BCUT2D eigenvalue weighted by molar-refractivity contribution is 5.77. The number of likely N-dealkylation sites (tertiary alicyclic amines) is 1. The summed E-state index contributed by atoms with van der Waals surface area (Å²) in [5.74, 6) is -2.40. The van der Waals surface area contributed by atoms with Gasteiger partial charge in [-0.05, 0) is 67.6 Å². The maximum atomic E-state index is 14.0. The van der Waals surface area contributed by atoms with E-state index in [1.807, 2.05) is 24.5 Å². The minimum atomic E-state index is -1.21. The Hall–Kier alpha value is -3.27. The zero-order valence-corrected chi connectivity index (χ0v) is 21.6. The zero-order valence-electron chi connectivity index (χ0n) is 21.6. The van der Waals surface area contributed by atoms with E-state index in [1.165, 1.54) is 31.0 Å². The van der Waals surface area contributed by atoms with Crippen molar-refractivity contribution in [2.24, 2.45) is 0 Å². The third-order valence-corrected chi connectivity index (χ3v) is 7.29. The molecule has 1 aromatic carbocycles. The lowest BCUT2D eigenvalue weighted by Crippen LogP contribution is -2.42. The van der Waals surface area contributed by atoms with Crippen molar-refractivity contribution in [3.8, 4) is 0 Å². The lowest BCUT2D eigenvalue weighted by molar-refractivity contribution is -0.125. The van der Waals surface area contributed by atoms with Gasteiger partial charge in [0.2, 0.25) is 5.91 Å². The number of fused-ring (bicyclic) bond motifs is 2. The third-order valence-electron chi connectivity index (χ3n) is 7.29. The summed E-state index contributed by atoms with van der Waals surface area (Å²) in [6.07, 6.45) is 7.13. The molecule has 0 bridgehead atoms. The molecule has 2 aliphatic rings. The molecule has 38 heavy (non-hydrogen) atoms. The molecule has 1 atom stereocenters. The van der Waals surface area contributed by atoms with Gasteiger partial charge in [-0.1, -0.05) is 12.1 Å². The molecule has 4 heterocycles. The lowest BCUT2D eigenvalue weighted by atomic mass is 9.84. The molecule has 0 aliphatic carbocycles. The van der Waals surface area contributed by atoms with Crippen LogP contribution < -0.4 is 5.32 Å². The number of nitrogens with zero attached hydrogens (tertiary/aromatic N) is 3. The number of pyridine rings is 2. The Morgan fingerprint density at radius 1 is 1.16 bits per heavy atom. The summed E-state index contributed by atoms with van der Waals surface area (Å²) in [5.41, 5.74) is 2.83. The zero-order chi connectivity index (χ0) is 26.9. The summed E-state index contributed by atoms with van der Waals surface area (Å²) in [4.78, 5) is 23.8. The smallest absolute Gasteiger partial charge is 0.223 e. The van der Waals surface area contributed by atoms with Crippen LogP contribution in [-0.4, -0.2) is 44.6 Å². The Morgan fingerprint density at radius 2 is 1.95 bits per heavy atom. The maximum absolute atomic E-state index is 14.0. The van der Waals surface area contributed by atoms with Crippen molar-refractivity contribution in [2.75, 3.05) is 13.1 Å². The Morgan fingerprint density at radius 3 is 2.63 bits per heavy atom. The Balaban J connectivity index is 1.27. The number of carbonyl (C=O) groups is 1. The van der Waals surface area contributed by atoms with E-state index in [9.17, 15) is 18.7 Å². The number of halogens is 2. The quantitative estimate of drug-likeness (QED) is 0.485. The summed E-state index contributed by atoms with van der Waals surface area (Å²) >= 11 is 0. The molecule has 7 nitrogen and oxygen atoms in total. The standard InChI is InChI=1S/C29H32F2N4O3/c1-28(2,37)14-26(36)34-27(20-4-5-23(30)24(31)13-20)25-6-3-19(15-33-25)17-35-11-8-29(9-12-35)22-16-32-10-7-21(22)18-38-29/h3-7,10,13,15-16,27,37H,8-9,11-12,14,17-18H2,1-2H3,(H,34,36). The van der Waals surface area contributed by atoms with E-state index >= 15 is 0 Å². The van der Waals surface area contributed by atoms with Crippen LogP contribution >= 0.6 is 0 Å². The number of carbonyl (C=O) groups excluding carboxylic acids is 1. The fourth-order valence-electron chi connectivity index (χ4n) is 5.32. The number of hydrogen-bond acceptors (Lipinski definition) is 6. The van der Waals surface area contributed by atoms with Gasteiger partial charge < -0.3 is 15.2 Å². The first-order valence-corrected chi connectivity index (χ1v) is 12.8. The van der Waals surface area contributed by atoms with Crippen molar-refractivity contribution in [3.05, 3.63) is 94.6 Å². The van der Waals surface area contributed by atoms with Crippen LogP contribution in [0.4, 0.5) is 8.78 Å². The normalized spacial score (nSPS) is 17.8. The van der Waals surface area contributed by atoms with E-state index in [-0.39, 0.29) is 12.0 Å². The van der Waals surface area contributed by atoms with Crippen LogP contribution in [0.3, 0.4) is 0 Å². The second-order valence-electron chi connectivity index (χ2n) is 10.8. The van der Waals surface area contributed by atoms with E-state index in [4.69, 9.17) is 4.74 Å². The van der Waals surface area contributed by atoms with E-state index in [2.05, 4.69) is 20.2 Å². The number of amides is 1. The van der Waals surface area contributed by atoms with E-state index < -0.39 is 29.2 Å². The van der Waals surface area contributed by atoms with E-state index in [0.717, 1.165) is 43.6 Å². The van der Waals surface area contributed by atoms with Crippen molar-refractivity contribution >= 4 is 5.91 Å². The molecule has 2 N–H and O–H groups in total. The number of piperidine rings is 1. The highest BCUT2D eigenvalue weighted by Crippen LogP contribution is 2.43. The number of nitrogens with one attached hydrogen (secondary N) is 1. The Labute approximate surface area is 220 Å². The van der Waals surface area contributed by atoms with Crippen LogP contribution in [0.5, 0.6) is 0 Å². The third kappa shape index (κ3) is 5.75. The maximum Gasteiger partial charge on any atom is 0.223 e. The van der Waals surface area contributed by atoms with Crippen LogP contribution in [0.15, 0.2) is 55.0 Å². The minimum Gasteiger partial charge on any atom is -0.390 e. The summed E-state index contributed by atoms with van der Waals surface area (Å²) < 4.78 is 33.8. The van der Waals surface area contributed by atoms with E-state index in [1.54, 1.807) is 12.3 Å². The summed E-state index contributed by atoms with van der Waals surface area (Å²) in [7, 11) is 0. The molecule has 2 aliphatic heterocycles. The van der Waals surface area contributed by atoms with Crippen molar-refractivity contribution in [1.82, 2.24) is 20.2 Å². The van der Waals surface area contributed by atoms with Gasteiger partial charge in [-0.25, -0.2) is 8.78 Å². The number of rotatable bonds is 7. The average molecular weight is 523 g/mol. The molecule has 9 heteroatoms. The first-order valence-electron chi connectivity index (χ1n) is 12.8. The average Bonchev–Trinajstić information content (AvgIpc) is 3.23. The Bertz CT molecular complexity index is 1300. The molecular weight excluding hydrogens is 490 g/mol. The molecule has 1 fully saturated rings. The molecule has 0 saturated carbocycles. The molecule has 2 aromatic heterocycles. The highest BCUT2D eigenvalue weighted by atomic mass is 19.2. The first-order chi connectivity index (χ1) is 18.1. The van der Waals surface area contributed by atoms with Gasteiger partial charge in [0.25, 0.3) is 0 Å². The Kier molecular flexibility index (Phi) is 7.26. The van der Waals surface area contributed by atoms with Crippen molar-refractivity contribution < 1.29 is 23.4 Å². The predicted octanol–water partition coefficient (Wildman–Crippen LogP) is 4.14. The fraction of sp³-hybridized carbons (Fsp3) is 0.414. The molecular formula is C29H32F2N4O3. The van der Waals surface area contributed by atoms with Crippen LogP contribution in [0.2, 0.25) is 0 Å².